The summed E-state index contributed by atoms with van der Waals surface area (Å²) in [6.45, 7) is 0.383. The van der Waals surface area contributed by atoms with E-state index in [1.807, 2.05) is 0 Å². The van der Waals surface area contributed by atoms with Crippen LogP contribution in [0.1, 0.15) is 50.5 Å². The van der Waals surface area contributed by atoms with Crippen LogP contribution >= 0.6 is 0 Å². The topological polar surface area (TPSA) is 93.1 Å². The molecule has 0 bridgehead atoms. The maximum Gasteiger partial charge on any atom is 0.416 e. The van der Waals surface area contributed by atoms with Crippen molar-refractivity contribution in [3.05, 3.63) is 54.1 Å². The molecule has 0 unspecified atom stereocenters. The molecule has 36 heavy (non-hydrogen) atoms. The van der Waals surface area contributed by atoms with Crippen LogP contribution in [0, 0.1) is 0 Å². The van der Waals surface area contributed by atoms with Gasteiger partial charge in [0.2, 0.25) is 10.0 Å². The van der Waals surface area contributed by atoms with Crippen LogP contribution in [0.2, 0.25) is 0 Å². The predicted molar refractivity (Wildman–Crippen MR) is 126 cm³/mol. The van der Waals surface area contributed by atoms with Crippen molar-refractivity contribution in [1.82, 2.24) is 4.31 Å². The van der Waals surface area contributed by atoms with Gasteiger partial charge in [0.15, 0.2) is 4.75 Å². The van der Waals surface area contributed by atoms with E-state index in [-0.39, 0.29) is 37.8 Å². The summed E-state index contributed by atoms with van der Waals surface area (Å²) in [5, 5.41) is 9.78. The first-order chi connectivity index (χ1) is 17.0. The molecule has 1 N–H and O–H groups in total. The van der Waals surface area contributed by atoms with E-state index in [0.29, 0.717) is 37.2 Å². The van der Waals surface area contributed by atoms with Crippen LogP contribution in [0.25, 0.3) is 0 Å². The number of alkyl halides is 3. The number of benzene rings is 2. The molecule has 11 heteroatoms. The average molecular weight is 528 g/mol. The van der Waals surface area contributed by atoms with Crippen molar-refractivity contribution in [2.24, 2.45) is 0 Å². The summed E-state index contributed by atoms with van der Waals surface area (Å²) in [5.74, 6) is -0.0265. The smallest absolute Gasteiger partial charge is 0.416 e. The van der Waals surface area contributed by atoms with Crippen LogP contribution in [-0.4, -0.2) is 47.7 Å². The third kappa shape index (κ3) is 5.46. The highest BCUT2D eigenvalue weighted by Crippen LogP contribution is 2.39. The van der Waals surface area contributed by atoms with Crippen molar-refractivity contribution in [3.8, 4) is 17.2 Å². The highest BCUT2D eigenvalue weighted by Gasteiger charge is 2.54. The lowest BCUT2D eigenvalue weighted by Crippen LogP contribution is -2.56. The number of aliphatic carboxylic acids is 1. The second kappa shape index (κ2) is 10.3. The standard InChI is InChI=1S/C25H28F3NO6S/c26-25(27,28)18-4-6-19(7-5-18)34-20-8-10-21(11-9-20)35-22-12-16-29(17-13-22)36(32,33)24(23(30)31)14-2-1-3-15-24/h4-11,22H,1-3,12-17H2,(H,30,31). The number of nitrogens with zero attached hydrogens (tertiary/aromatic N) is 1. The number of ether oxygens (including phenoxy) is 2. The van der Waals surface area contributed by atoms with Crippen molar-refractivity contribution < 1.29 is 41.0 Å². The minimum absolute atomic E-state index is 0.141. The molecule has 0 spiro atoms. The largest absolute Gasteiger partial charge is 0.490 e. The molecular weight excluding hydrogens is 499 g/mol. The van der Waals surface area contributed by atoms with E-state index in [4.69, 9.17) is 9.47 Å². The Balaban J connectivity index is 1.32. The molecule has 0 amide bonds. The molecule has 2 aromatic rings. The molecule has 2 fully saturated rings. The maximum atomic E-state index is 13.3. The summed E-state index contributed by atoms with van der Waals surface area (Å²) >= 11 is 0. The van der Waals surface area contributed by atoms with Gasteiger partial charge in [-0.05, 0) is 74.2 Å². The van der Waals surface area contributed by atoms with E-state index in [1.165, 1.54) is 16.4 Å². The average Bonchev–Trinajstić information content (AvgIpc) is 2.85. The quantitative estimate of drug-likeness (QED) is 0.514. The minimum Gasteiger partial charge on any atom is -0.490 e. The van der Waals surface area contributed by atoms with E-state index < -0.39 is 32.5 Å². The molecule has 1 saturated heterocycles. The Bertz CT molecular complexity index is 1150. The van der Waals surface area contributed by atoms with Crippen molar-refractivity contribution in [2.45, 2.75) is 62.0 Å². The number of hydrogen-bond acceptors (Lipinski definition) is 5. The molecule has 1 heterocycles. The van der Waals surface area contributed by atoms with Gasteiger partial charge >= 0.3 is 12.1 Å². The molecule has 196 valence electrons. The Kier molecular flexibility index (Phi) is 7.51. The zero-order valence-electron chi connectivity index (χ0n) is 19.5. The zero-order valence-corrected chi connectivity index (χ0v) is 20.4. The fourth-order valence-electron chi connectivity index (χ4n) is 4.77. The van der Waals surface area contributed by atoms with Gasteiger partial charge in [0.1, 0.15) is 23.4 Å². The lowest BCUT2D eigenvalue weighted by molar-refractivity contribution is -0.141. The molecule has 0 radical (unpaired) electrons. The van der Waals surface area contributed by atoms with Gasteiger partial charge in [0.05, 0.1) is 5.56 Å². The number of carboxylic acid groups (broad SMARTS) is 1. The lowest BCUT2D eigenvalue weighted by Gasteiger charge is -2.39. The third-order valence-electron chi connectivity index (χ3n) is 6.83. The van der Waals surface area contributed by atoms with Gasteiger partial charge in [-0.3, -0.25) is 4.79 Å². The number of hydrogen-bond donors (Lipinski definition) is 1. The van der Waals surface area contributed by atoms with E-state index in [9.17, 15) is 31.5 Å². The van der Waals surface area contributed by atoms with Gasteiger partial charge in [-0.2, -0.15) is 13.2 Å². The normalized spacial score (nSPS) is 19.5. The number of carbonyl (C=O) groups is 1. The van der Waals surface area contributed by atoms with Gasteiger partial charge in [0.25, 0.3) is 0 Å². The second-order valence-corrected chi connectivity index (χ2v) is 11.4. The third-order valence-corrected chi connectivity index (χ3v) is 9.44. The van der Waals surface area contributed by atoms with Gasteiger partial charge in [-0.15, -0.1) is 0 Å². The van der Waals surface area contributed by atoms with Crippen molar-refractivity contribution >= 4 is 16.0 Å². The van der Waals surface area contributed by atoms with Crippen LogP contribution in [0.5, 0.6) is 17.2 Å². The molecule has 7 nitrogen and oxygen atoms in total. The van der Waals surface area contributed by atoms with Crippen LogP contribution in [0.3, 0.4) is 0 Å². The number of rotatable bonds is 7. The lowest BCUT2D eigenvalue weighted by atomic mass is 9.88. The molecule has 4 rings (SSSR count). The molecule has 1 saturated carbocycles. The SMILES string of the molecule is O=C(O)C1(S(=O)(=O)N2CCC(Oc3ccc(Oc4ccc(C(F)(F)F)cc4)cc3)CC2)CCCCC1. The van der Waals surface area contributed by atoms with Gasteiger partial charge in [0, 0.05) is 13.1 Å². The summed E-state index contributed by atoms with van der Waals surface area (Å²) < 4.78 is 75.7. The van der Waals surface area contributed by atoms with E-state index in [2.05, 4.69) is 0 Å². The Hall–Kier alpha value is -2.79. The first kappa shape index (κ1) is 26.3. The number of carboxylic acids is 1. The summed E-state index contributed by atoms with van der Waals surface area (Å²) in [6, 6.07) is 11.0. The Morgan fingerprint density at radius 1 is 0.889 bits per heavy atom. The van der Waals surface area contributed by atoms with Crippen molar-refractivity contribution in [2.75, 3.05) is 13.1 Å². The van der Waals surface area contributed by atoms with Gasteiger partial charge < -0.3 is 14.6 Å². The molecule has 0 aromatic heterocycles. The Labute approximate surface area is 207 Å². The van der Waals surface area contributed by atoms with Crippen LogP contribution in [0.15, 0.2) is 48.5 Å². The van der Waals surface area contributed by atoms with Crippen LogP contribution in [0.4, 0.5) is 13.2 Å². The minimum atomic E-state index is -4.41. The highest BCUT2D eigenvalue weighted by molar-refractivity contribution is 7.91. The number of sulfonamides is 1. The van der Waals surface area contributed by atoms with Crippen LogP contribution in [-0.2, 0) is 21.0 Å². The monoisotopic (exact) mass is 527 g/mol. The molecule has 2 aliphatic rings. The van der Waals surface area contributed by atoms with Crippen molar-refractivity contribution in [3.63, 3.8) is 0 Å². The molecule has 1 aliphatic carbocycles. The molecular formula is C25H28F3NO6S. The Morgan fingerprint density at radius 3 is 1.89 bits per heavy atom. The first-order valence-corrected chi connectivity index (χ1v) is 13.3. The number of halogens is 3. The van der Waals surface area contributed by atoms with Gasteiger partial charge in [-0.1, -0.05) is 19.3 Å². The maximum absolute atomic E-state index is 13.3. The van der Waals surface area contributed by atoms with Gasteiger partial charge in [-0.25, -0.2) is 12.7 Å². The van der Waals surface area contributed by atoms with Crippen molar-refractivity contribution in [1.29, 1.82) is 0 Å². The van der Waals surface area contributed by atoms with E-state index >= 15 is 0 Å². The predicted octanol–water partition coefficient (Wildman–Crippen LogP) is 5.46. The summed E-state index contributed by atoms with van der Waals surface area (Å²) in [6.07, 6.45) is -1.49. The first-order valence-electron chi connectivity index (χ1n) is 11.9. The molecule has 1 aliphatic heterocycles. The summed E-state index contributed by atoms with van der Waals surface area (Å²) in [7, 11) is -3.99. The summed E-state index contributed by atoms with van der Waals surface area (Å²) in [5.41, 5.74) is -0.755. The van der Waals surface area contributed by atoms with Crippen LogP contribution < -0.4 is 9.47 Å². The molecule has 2 aromatic carbocycles. The second-order valence-electron chi connectivity index (χ2n) is 9.18. The van der Waals surface area contributed by atoms with E-state index in [0.717, 1.165) is 18.6 Å². The summed E-state index contributed by atoms with van der Waals surface area (Å²) in [4.78, 5) is 12.0. The highest BCUT2D eigenvalue weighted by atomic mass is 32.2. The number of piperidine rings is 1. The zero-order chi connectivity index (χ0) is 26.0. The molecule has 0 atom stereocenters. The fraction of sp³-hybridized carbons (Fsp3) is 0.480. The fourth-order valence-corrected chi connectivity index (χ4v) is 6.98. The Morgan fingerprint density at radius 2 is 1.39 bits per heavy atom. The van der Waals surface area contributed by atoms with E-state index in [1.54, 1.807) is 24.3 Å².